The minimum Gasteiger partial charge on any atom is -0.496 e. The molecule has 0 spiro atoms. The Bertz CT molecular complexity index is 544. The Morgan fingerprint density at radius 2 is 2.00 bits per heavy atom. The van der Waals surface area contributed by atoms with E-state index in [2.05, 4.69) is 26.4 Å². The molecule has 0 aliphatic rings. The van der Waals surface area contributed by atoms with Gasteiger partial charge in [-0.05, 0) is 38.3 Å². The van der Waals surface area contributed by atoms with Gasteiger partial charge in [-0.1, -0.05) is 12.1 Å². The summed E-state index contributed by atoms with van der Waals surface area (Å²) in [5.74, 6) is 1.45. The van der Waals surface area contributed by atoms with Crippen molar-refractivity contribution in [1.29, 1.82) is 0 Å². The van der Waals surface area contributed by atoms with Gasteiger partial charge in [0, 0.05) is 25.1 Å². The van der Waals surface area contributed by atoms with Crippen molar-refractivity contribution in [1.82, 2.24) is 10.6 Å². The summed E-state index contributed by atoms with van der Waals surface area (Å²) >= 11 is 0. The van der Waals surface area contributed by atoms with Gasteiger partial charge in [0.05, 0.1) is 20.8 Å². The second-order valence-electron chi connectivity index (χ2n) is 5.47. The van der Waals surface area contributed by atoms with Crippen molar-refractivity contribution in [2.24, 2.45) is 4.99 Å². The molecule has 0 aromatic heterocycles. The van der Waals surface area contributed by atoms with Crippen molar-refractivity contribution >= 4 is 11.9 Å². The smallest absolute Gasteiger partial charge is 0.305 e. The van der Waals surface area contributed by atoms with Gasteiger partial charge in [0.2, 0.25) is 0 Å². The summed E-state index contributed by atoms with van der Waals surface area (Å²) in [7, 11) is 3.09. The standard InChI is InChI=1S/C18H29N3O3/c1-5-19-18(20-11-7-6-8-17(22)24-4)21-13-15-10-9-14(2)12-16(15)23-3/h9-10,12H,5-8,11,13H2,1-4H3,(H2,19,20,21). The van der Waals surface area contributed by atoms with Crippen LogP contribution in [-0.4, -0.2) is 39.2 Å². The summed E-state index contributed by atoms with van der Waals surface area (Å²) in [5, 5.41) is 6.50. The predicted octanol–water partition coefficient (Wildman–Crippen LogP) is 2.40. The van der Waals surface area contributed by atoms with Crippen LogP contribution in [0, 0.1) is 6.92 Å². The number of guanidine groups is 1. The number of carbonyl (C=O) groups is 1. The van der Waals surface area contributed by atoms with Gasteiger partial charge in [0.25, 0.3) is 0 Å². The van der Waals surface area contributed by atoms with E-state index in [-0.39, 0.29) is 5.97 Å². The van der Waals surface area contributed by atoms with Crippen molar-refractivity contribution in [3.8, 4) is 5.75 Å². The number of methoxy groups -OCH3 is 2. The van der Waals surface area contributed by atoms with E-state index in [1.165, 1.54) is 7.11 Å². The molecule has 134 valence electrons. The number of esters is 1. The number of nitrogens with one attached hydrogen (secondary N) is 2. The fraction of sp³-hybridized carbons (Fsp3) is 0.556. The van der Waals surface area contributed by atoms with Crippen LogP contribution in [-0.2, 0) is 16.1 Å². The Hall–Kier alpha value is -2.24. The lowest BCUT2D eigenvalue weighted by molar-refractivity contribution is -0.140. The highest BCUT2D eigenvalue weighted by atomic mass is 16.5. The first-order valence-electron chi connectivity index (χ1n) is 8.33. The van der Waals surface area contributed by atoms with E-state index in [1.807, 2.05) is 26.0 Å². The molecule has 0 saturated heterocycles. The highest BCUT2D eigenvalue weighted by molar-refractivity contribution is 5.79. The van der Waals surface area contributed by atoms with E-state index in [0.717, 1.165) is 48.8 Å². The monoisotopic (exact) mass is 335 g/mol. The molecule has 1 aromatic rings. The molecule has 0 fully saturated rings. The molecule has 2 N–H and O–H groups in total. The van der Waals surface area contributed by atoms with Crippen LogP contribution in [0.2, 0.25) is 0 Å². The van der Waals surface area contributed by atoms with E-state index in [9.17, 15) is 4.79 Å². The molecule has 6 nitrogen and oxygen atoms in total. The quantitative estimate of drug-likeness (QED) is 0.314. The second kappa shape index (κ2) is 11.3. The number of hydrogen-bond acceptors (Lipinski definition) is 4. The molecule has 0 heterocycles. The number of aryl methyl sites for hydroxylation is 1. The molecule has 0 unspecified atom stereocenters. The normalized spacial score (nSPS) is 11.1. The van der Waals surface area contributed by atoms with E-state index in [1.54, 1.807) is 7.11 Å². The molecule has 0 radical (unpaired) electrons. The number of unbranched alkanes of at least 4 members (excludes halogenated alkanes) is 1. The zero-order chi connectivity index (χ0) is 17.8. The lowest BCUT2D eigenvalue weighted by Gasteiger charge is -2.12. The lowest BCUT2D eigenvalue weighted by atomic mass is 10.1. The minimum atomic E-state index is -0.165. The first kappa shape index (κ1) is 19.8. The van der Waals surface area contributed by atoms with Gasteiger partial charge in [-0.2, -0.15) is 0 Å². The number of ether oxygens (including phenoxy) is 2. The number of carbonyl (C=O) groups excluding carboxylic acids is 1. The van der Waals surface area contributed by atoms with E-state index in [0.29, 0.717) is 13.0 Å². The number of hydrogen-bond donors (Lipinski definition) is 2. The van der Waals surface area contributed by atoms with Crippen LogP contribution in [0.1, 0.15) is 37.3 Å². The molecule has 1 aromatic carbocycles. The third-order valence-corrected chi connectivity index (χ3v) is 3.52. The van der Waals surface area contributed by atoms with Crippen molar-refractivity contribution in [3.63, 3.8) is 0 Å². The highest BCUT2D eigenvalue weighted by Gasteiger charge is 2.04. The summed E-state index contributed by atoms with van der Waals surface area (Å²) in [5.41, 5.74) is 2.21. The zero-order valence-corrected chi connectivity index (χ0v) is 15.1. The fourth-order valence-electron chi connectivity index (χ4n) is 2.19. The van der Waals surface area contributed by atoms with Crippen LogP contribution in [0.15, 0.2) is 23.2 Å². The van der Waals surface area contributed by atoms with Crippen LogP contribution in [0.5, 0.6) is 5.75 Å². The van der Waals surface area contributed by atoms with Gasteiger partial charge in [-0.15, -0.1) is 0 Å². The Kier molecular flexibility index (Phi) is 9.34. The largest absolute Gasteiger partial charge is 0.496 e. The topological polar surface area (TPSA) is 72.0 Å². The number of benzene rings is 1. The molecule has 24 heavy (non-hydrogen) atoms. The lowest BCUT2D eigenvalue weighted by Crippen LogP contribution is -2.37. The number of rotatable bonds is 9. The Labute approximate surface area is 144 Å². The molecule has 1 rings (SSSR count). The molecular formula is C18H29N3O3. The van der Waals surface area contributed by atoms with Crippen LogP contribution in [0.25, 0.3) is 0 Å². The summed E-state index contributed by atoms with van der Waals surface area (Å²) in [6.45, 7) is 6.16. The van der Waals surface area contributed by atoms with E-state index >= 15 is 0 Å². The Morgan fingerprint density at radius 1 is 1.21 bits per heavy atom. The maximum absolute atomic E-state index is 11.1. The maximum Gasteiger partial charge on any atom is 0.305 e. The minimum absolute atomic E-state index is 0.165. The molecule has 0 atom stereocenters. The van der Waals surface area contributed by atoms with E-state index < -0.39 is 0 Å². The first-order valence-corrected chi connectivity index (χ1v) is 8.33. The van der Waals surface area contributed by atoms with Crippen LogP contribution >= 0.6 is 0 Å². The Morgan fingerprint density at radius 3 is 2.67 bits per heavy atom. The van der Waals surface area contributed by atoms with Gasteiger partial charge < -0.3 is 20.1 Å². The summed E-state index contributed by atoms with van der Waals surface area (Å²) in [4.78, 5) is 15.7. The van der Waals surface area contributed by atoms with Crippen molar-refractivity contribution in [2.75, 3.05) is 27.3 Å². The average Bonchev–Trinajstić information content (AvgIpc) is 2.59. The van der Waals surface area contributed by atoms with Gasteiger partial charge >= 0.3 is 5.97 Å². The first-order chi connectivity index (χ1) is 11.6. The summed E-state index contributed by atoms with van der Waals surface area (Å²) in [6, 6.07) is 6.11. The third-order valence-electron chi connectivity index (χ3n) is 3.52. The molecule has 6 heteroatoms. The molecule has 0 aliphatic carbocycles. The molecule has 0 aliphatic heterocycles. The second-order valence-corrected chi connectivity index (χ2v) is 5.47. The van der Waals surface area contributed by atoms with Crippen LogP contribution in [0.3, 0.4) is 0 Å². The third kappa shape index (κ3) is 7.35. The average molecular weight is 335 g/mol. The fourth-order valence-corrected chi connectivity index (χ4v) is 2.19. The predicted molar refractivity (Wildman–Crippen MR) is 96.4 cm³/mol. The molecular weight excluding hydrogens is 306 g/mol. The van der Waals surface area contributed by atoms with Gasteiger partial charge in [0.15, 0.2) is 5.96 Å². The Balaban J connectivity index is 2.52. The molecule has 0 amide bonds. The highest BCUT2D eigenvalue weighted by Crippen LogP contribution is 2.20. The number of aliphatic imine (C=N–C) groups is 1. The van der Waals surface area contributed by atoms with Gasteiger partial charge in [-0.25, -0.2) is 4.99 Å². The van der Waals surface area contributed by atoms with Crippen molar-refractivity contribution in [3.05, 3.63) is 29.3 Å². The summed E-state index contributed by atoms with van der Waals surface area (Å²) in [6.07, 6.45) is 2.13. The maximum atomic E-state index is 11.1. The van der Waals surface area contributed by atoms with Crippen molar-refractivity contribution < 1.29 is 14.3 Å². The van der Waals surface area contributed by atoms with Crippen LogP contribution < -0.4 is 15.4 Å². The number of nitrogens with zero attached hydrogens (tertiary/aromatic N) is 1. The SMILES string of the molecule is CCNC(=NCc1ccc(C)cc1OC)NCCCCC(=O)OC. The molecule has 0 bridgehead atoms. The van der Waals surface area contributed by atoms with E-state index in [4.69, 9.17) is 4.74 Å². The summed E-state index contributed by atoms with van der Waals surface area (Å²) < 4.78 is 10.0. The van der Waals surface area contributed by atoms with Crippen molar-refractivity contribution in [2.45, 2.75) is 39.7 Å². The van der Waals surface area contributed by atoms with Gasteiger partial charge in [-0.3, -0.25) is 4.79 Å². The molecule has 0 saturated carbocycles. The van der Waals surface area contributed by atoms with Gasteiger partial charge in [0.1, 0.15) is 5.75 Å². The van der Waals surface area contributed by atoms with Crippen LogP contribution in [0.4, 0.5) is 0 Å². The zero-order valence-electron chi connectivity index (χ0n) is 15.1.